The lowest BCUT2D eigenvalue weighted by Crippen LogP contribution is -2.45. The number of ether oxygens (including phenoxy) is 1. The number of anilines is 1. The van der Waals surface area contributed by atoms with Crippen molar-refractivity contribution in [1.82, 2.24) is 5.32 Å². The zero-order valence-corrected chi connectivity index (χ0v) is 14.6. The summed E-state index contributed by atoms with van der Waals surface area (Å²) in [5.74, 6) is 0.589. The molecule has 2 aromatic rings. The molecular formula is C20H23FN2O2. The summed E-state index contributed by atoms with van der Waals surface area (Å²) in [5, 5.41) is 2.85. The number of aryl methyl sites for hydroxylation is 1. The molecule has 0 radical (unpaired) electrons. The number of carbonyl (C=O) groups is 1. The molecule has 0 spiro atoms. The van der Waals surface area contributed by atoms with Gasteiger partial charge in [-0.05, 0) is 49.2 Å². The largest absolute Gasteiger partial charge is 0.489 e. The Morgan fingerprint density at radius 1 is 1.28 bits per heavy atom. The number of nitrogens with zero attached hydrogens (tertiary/aromatic N) is 1. The van der Waals surface area contributed by atoms with Crippen molar-refractivity contribution >= 4 is 11.6 Å². The normalized spacial score (nSPS) is 16.1. The summed E-state index contributed by atoms with van der Waals surface area (Å²) >= 11 is 0. The molecule has 132 valence electrons. The quantitative estimate of drug-likeness (QED) is 0.905. The van der Waals surface area contributed by atoms with Gasteiger partial charge in [0.15, 0.2) is 0 Å². The van der Waals surface area contributed by atoms with Gasteiger partial charge in [0.1, 0.15) is 18.2 Å². The van der Waals surface area contributed by atoms with Crippen molar-refractivity contribution in [3.8, 4) is 5.75 Å². The number of rotatable bonds is 5. The Bertz CT molecular complexity index is 746. The standard InChI is InChI=1S/C20H23FN2O2/c1-3-22-20(24)11-17-13-25-19-10-14(2)4-9-18(19)23(17)12-15-5-7-16(21)8-6-15/h4-10,17H,3,11-13H2,1-2H3,(H,22,24)/t17-/m0/s1. The number of amides is 1. The third-order valence-electron chi connectivity index (χ3n) is 4.36. The van der Waals surface area contributed by atoms with Gasteiger partial charge in [0.05, 0.1) is 18.2 Å². The third kappa shape index (κ3) is 4.10. The summed E-state index contributed by atoms with van der Waals surface area (Å²) in [7, 11) is 0. The molecule has 0 saturated heterocycles. The van der Waals surface area contributed by atoms with Crippen LogP contribution in [0.15, 0.2) is 42.5 Å². The predicted octanol–water partition coefficient (Wildman–Crippen LogP) is 3.43. The van der Waals surface area contributed by atoms with Gasteiger partial charge in [0.25, 0.3) is 0 Å². The van der Waals surface area contributed by atoms with Crippen LogP contribution in [0.3, 0.4) is 0 Å². The van der Waals surface area contributed by atoms with Crippen LogP contribution in [0, 0.1) is 12.7 Å². The van der Waals surface area contributed by atoms with Crippen molar-refractivity contribution in [2.24, 2.45) is 0 Å². The highest BCUT2D eigenvalue weighted by atomic mass is 19.1. The van der Waals surface area contributed by atoms with Gasteiger partial charge in [-0.2, -0.15) is 0 Å². The molecule has 1 aliphatic rings. The topological polar surface area (TPSA) is 41.6 Å². The second-order valence-electron chi connectivity index (χ2n) is 6.35. The summed E-state index contributed by atoms with van der Waals surface area (Å²) in [4.78, 5) is 14.3. The van der Waals surface area contributed by atoms with E-state index in [1.807, 2.05) is 32.0 Å². The average molecular weight is 342 g/mol. The van der Waals surface area contributed by atoms with Crippen molar-refractivity contribution in [3.05, 3.63) is 59.4 Å². The fraction of sp³-hybridized carbons (Fsp3) is 0.350. The average Bonchev–Trinajstić information content (AvgIpc) is 2.59. The Morgan fingerprint density at radius 2 is 2.04 bits per heavy atom. The zero-order chi connectivity index (χ0) is 17.8. The van der Waals surface area contributed by atoms with Crippen LogP contribution >= 0.6 is 0 Å². The second-order valence-corrected chi connectivity index (χ2v) is 6.35. The molecule has 2 aromatic carbocycles. The molecule has 3 rings (SSSR count). The van der Waals surface area contributed by atoms with Gasteiger partial charge < -0.3 is 15.0 Å². The number of hydrogen-bond donors (Lipinski definition) is 1. The molecule has 0 aliphatic carbocycles. The molecule has 4 nitrogen and oxygen atoms in total. The third-order valence-corrected chi connectivity index (χ3v) is 4.36. The molecule has 5 heteroatoms. The summed E-state index contributed by atoms with van der Waals surface area (Å²) in [5.41, 5.74) is 3.09. The van der Waals surface area contributed by atoms with Crippen LogP contribution < -0.4 is 15.0 Å². The summed E-state index contributed by atoms with van der Waals surface area (Å²) in [6, 6.07) is 12.5. The van der Waals surface area contributed by atoms with Crippen molar-refractivity contribution in [2.45, 2.75) is 32.9 Å². The molecule has 25 heavy (non-hydrogen) atoms. The van der Waals surface area contributed by atoms with Crippen LogP contribution in [0.5, 0.6) is 5.75 Å². The number of nitrogens with one attached hydrogen (secondary N) is 1. The van der Waals surface area contributed by atoms with Gasteiger partial charge in [-0.3, -0.25) is 4.79 Å². The molecule has 0 fully saturated rings. The smallest absolute Gasteiger partial charge is 0.222 e. The zero-order valence-electron chi connectivity index (χ0n) is 14.6. The first kappa shape index (κ1) is 17.3. The lowest BCUT2D eigenvalue weighted by molar-refractivity contribution is -0.121. The van der Waals surface area contributed by atoms with Crippen molar-refractivity contribution in [3.63, 3.8) is 0 Å². The van der Waals surface area contributed by atoms with Crippen molar-refractivity contribution in [1.29, 1.82) is 0 Å². The predicted molar refractivity (Wildman–Crippen MR) is 96.3 cm³/mol. The second kappa shape index (κ2) is 7.55. The van der Waals surface area contributed by atoms with Gasteiger partial charge >= 0.3 is 0 Å². The van der Waals surface area contributed by atoms with Crippen LogP contribution in [-0.2, 0) is 11.3 Å². The van der Waals surface area contributed by atoms with E-state index in [-0.39, 0.29) is 17.8 Å². The first-order valence-electron chi connectivity index (χ1n) is 8.58. The maximum Gasteiger partial charge on any atom is 0.222 e. The Kier molecular flexibility index (Phi) is 5.22. The first-order valence-corrected chi connectivity index (χ1v) is 8.58. The van der Waals surface area contributed by atoms with E-state index in [9.17, 15) is 9.18 Å². The van der Waals surface area contributed by atoms with E-state index >= 15 is 0 Å². The SMILES string of the molecule is CCNC(=O)C[C@H]1COc2cc(C)ccc2N1Cc1ccc(F)cc1. The Labute approximate surface area is 147 Å². The molecule has 0 aromatic heterocycles. The molecule has 1 amide bonds. The van der Waals surface area contributed by atoms with Gasteiger partial charge in [-0.1, -0.05) is 18.2 Å². The lowest BCUT2D eigenvalue weighted by Gasteiger charge is -2.38. The highest BCUT2D eigenvalue weighted by Crippen LogP contribution is 2.36. The maximum atomic E-state index is 13.2. The Balaban J connectivity index is 1.88. The van der Waals surface area contributed by atoms with E-state index in [1.54, 1.807) is 12.1 Å². The number of benzene rings is 2. The Morgan fingerprint density at radius 3 is 2.76 bits per heavy atom. The summed E-state index contributed by atoms with van der Waals surface area (Å²) < 4.78 is 19.1. The monoisotopic (exact) mass is 342 g/mol. The molecule has 1 heterocycles. The minimum absolute atomic E-state index is 0.00997. The molecular weight excluding hydrogens is 319 g/mol. The number of halogens is 1. The van der Waals surface area contributed by atoms with E-state index < -0.39 is 0 Å². The lowest BCUT2D eigenvalue weighted by atomic mass is 10.0. The highest BCUT2D eigenvalue weighted by Gasteiger charge is 2.29. The van der Waals surface area contributed by atoms with Crippen molar-refractivity contribution < 1.29 is 13.9 Å². The minimum atomic E-state index is -0.249. The summed E-state index contributed by atoms with van der Waals surface area (Å²) in [6.45, 7) is 5.59. The Hall–Kier alpha value is -2.56. The van der Waals surface area contributed by atoms with E-state index in [2.05, 4.69) is 10.2 Å². The maximum absolute atomic E-state index is 13.2. The molecule has 0 saturated carbocycles. The van der Waals surface area contributed by atoms with E-state index in [0.717, 1.165) is 22.6 Å². The van der Waals surface area contributed by atoms with Crippen LogP contribution in [0.1, 0.15) is 24.5 Å². The number of fused-ring (bicyclic) bond motifs is 1. The molecule has 1 atom stereocenters. The highest BCUT2D eigenvalue weighted by molar-refractivity contribution is 5.77. The molecule has 0 bridgehead atoms. The molecule has 0 unspecified atom stereocenters. The molecule has 1 aliphatic heterocycles. The van der Waals surface area contributed by atoms with Gasteiger partial charge in [0.2, 0.25) is 5.91 Å². The van der Waals surface area contributed by atoms with Crippen molar-refractivity contribution in [2.75, 3.05) is 18.1 Å². The minimum Gasteiger partial charge on any atom is -0.489 e. The van der Waals surface area contributed by atoms with E-state index in [1.165, 1.54) is 12.1 Å². The van der Waals surface area contributed by atoms with E-state index in [0.29, 0.717) is 26.1 Å². The van der Waals surface area contributed by atoms with Crippen LogP contribution in [-0.4, -0.2) is 25.1 Å². The number of carbonyl (C=O) groups excluding carboxylic acids is 1. The summed E-state index contributed by atoms with van der Waals surface area (Å²) in [6.07, 6.45) is 0.363. The van der Waals surface area contributed by atoms with Crippen LogP contribution in [0.25, 0.3) is 0 Å². The number of hydrogen-bond acceptors (Lipinski definition) is 3. The van der Waals surface area contributed by atoms with E-state index in [4.69, 9.17) is 4.74 Å². The molecule has 1 N–H and O–H groups in total. The first-order chi connectivity index (χ1) is 12.1. The van der Waals surface area contributed by atoms with Gasteiger partial charge in [-0.25, -0.2) is 4.39 Å². The van der Waals surface area contributed by atoms with Crippen LogP contribution in [0.4, 0.5) is 10.1 Å². The van der Waals surface area contributed by atoms with Gasteiger partial charge in [-0.15, -0.1) is 0 Å². The van der Waals surface area contributed by atoms with Crippen LogP contribution in [0.2, 0.25) is 0 Å². The fourth-order valence-corrected chi connectivity index (χ4v) is 3.10. The fourth-order valence-electron chi connectivity index (χ4n) is 3.10. The van der Waals surface area contributed by atoms with Gasteiger partial charge in [0, 0.05) is 13.1 Å².